The minimum atomic E-state index is -0.961. The van der Waals surface area contributed by atoms with E-state index in [0.29, 0.717) is 0 Å². The Morgan fingerprint density at radius 1 is 0.698 bits per heavy atom. The molecule has 0 bridgehead atoms. The number of nitrogens with two attached hydrogens (primary N) is 2. The van der Waals surface area contributed by atoms with Crippen molar-refractivity contribution in [1.82, 2.24) is 10.6 Å². The highest BCUT2D eigenvalue weighted by molar-refractivity contribution is 5.93. The van der Waals surface area contributed by atoms with Gasteiger partial charge in [0.05, 0.1) is 39.0 Å². The highest BCUT2D eigenvalue weighted by Gasteiger charge is 2.31. The van der Waals surface area contributed by atoms with Crippen LogP contribution in [0.25, 0.3) is 0 Å². The summed E-state index contributed by atoms with van der Waals surface area (Å²) in [7, 11) is 0. The molecule has 2 aliphatic rings. The van der Waals surface area contributed by atoms with Crippen LogP contribution in [0.15, 0.2) is 40.4 Å². The minimum absolute atomic E-state index is 0. The number of carboxylic acid groups (broad SMARTS) is 2. The van der Waals surface area contributed by atoms with Gasteiger partial charge >= 0.3 is 11.9 Å². The number of carbonyl (C=O) groups is 2. The van der Waals surface area contributed by atoms with Gasteiger partial charge in [-0.2, -0.15) is 20.5 Å². The number of nitrogens with zero attached hydrogens (tertiary/aromatic N) is 8. The molecule has 43 heavy (non-hydrogen) atoms. The summed E-state index contributed by atoms with van der Waals surface area (Å²) < 4.78 is 0. The lowest BCUT2D eigenvalue weighted by molar-refractivity contribution is -0.137. The van der Waals surface area contributed by atoms with Crippen molar-refractivity contribution in [3.05, 3.63) is 0 Å². The van der Waals surface area contributed by atoms with Crippen molar-refractivity contribution < 1.29 is 25.3 Å². The smallest absolute Gasteiger partial charge is 0.305 e. The molecule has 2 rings (SSSR count). The van der Waals surface area contributed by atoms with Crippen LogP contribution in [0.5, 0.6) is 0 Å². The minimum Gasteiger partial charge on any atom is -0.481 e. The number of nitrogens with one attached hydrogen (secondary N) is 2. The summed E-state index contributed by atoms with van der Waals surface area (Å²) in [6, 6.07) is 0. The van der Waals surface area contributed by atoms with Crippen molar-refractivity contribution in [2.75, 3.05) is 39.3 Å². The molecule has 17 nitrogen and oxygen atoms in total. The molecule has 0 amide bonds. The highest BCUT2D eigenvalue weighted by Crippen LogP contribution is 2.20. The Hall–Kier alpha value is -4.02. The van der Waals surface area contributed by atoms with E-state index >= 15 is 0 Å². The second-order valence-electron chi connectivity index (χ2n) is 11.8. The monoisotopic (exact) mass is 610 g/mol. The Balaban J connectivity index is 0.000000828. The van der Waals surface area contributed by atoms with Crippen LogP contribution in [0, 0.1) is 0 Å². The predicted octanol–water partition coefficient (Wildman–Crippen LogP) is 0.834. The number of rotatable bonds is 14. The van der Waals surface area contributed by atoms with Crippen molar-refractivity contribution in [2.45, 2.75) is 90.4 Å². The molecule has 0 atom stereocenters. The van der Waals surface area contributed by atoms with E-state index in [1.54, 1.807) is 27.7 Å². The molecule has 0 spiro atoms. The van der Waals surface area contributed by atoms with Crippen molar-refractivity contribution in [2.24, 2.45) is 51.9 Å². The van der Waals surface area contributed by atoms with Gasteiger partial charge in [0.1, 0.15) is 45.5 Å². The summed E-state index contributed by atoms with van der Waals surface area (Å²) in [6.07, 6.45) is -0.245. The fourth-order valence-electron chi connectivity index (χ4n) is 3.24. The van der Waals surface area contributed by atoms with Gasteiger partial charge in [0.25, 0.3) is 0 Å². The van der Waals surface area contributed by atoms with Crippen LogP contribution < -0.4 is 22.1 Å². The Morgan fingerprint density at radius 3 is 1.28 bits per heavy atom. The highest BCUT2D eigenvalue weighted by atomic mass is 16.4. The number of hydrogen-bond donors (Lipinski definition) is 6. The molecule has 0 saturated carbocycles. The Bertz CT molecular complexity index is 1050. The lowest BCUT2D eigenvalue weighted by Gasteiger charge is -2.23. The van der Waals surface area contributed by atoms with Crippen molar-refractivity contribution in [3.8, 4) is 0 Å². The number of aliphatic imine (C=N–C) groups is 4. The van der Waals surface area contributed by atoms with Gasteiger partial charge in [0, 0.05) is 13.1 Å². The Labute approximate surface area is 253 Å². The molecule has 17 heteroatoms. The maximum atomic E-state index is 10.5. The van der Waals surface area contributed by atoms with Gasteiger partial charge in [-0.25, -0.2) is 0 Å². The average Bonchev–Trinajstić information content (AvgIpc) is 3.62. The molecule has 0 saturated heterocycles. The lowest BCUT2D eigenvalue weighted by Crippen LogP contribution is -2.41. The van der Waals surface area contributed by atoms with Crippen LogP contribution >= 0.6 is 0 Å². The zero-order valence-corrected chi connectivity index (χ0v) is 26.6. The van der Waals surface area contributed by atoms with Crippen molar-refractivity contribution in [3.63, 3.8) is 0 Å². The zero-order chi connectivity index (χ0) is 32.2. The van der Waals surface area contributed by atoms with E-state index in [0.717, 1.165) is 37.9 Å². The molecule has 0 radical (unpaired) electrons. The summed E-state index contributed by atoms with van der Waals surface area (Å²) in [5, 5.41) is 40.9. The van der Waals surface area contributed by atoms with E-state index in [9.17, 15) is 9.59 Å². The molecule has 10 N–H and O–H groups in total. The second-order valence-corrected chi connectivity index (χ2v) is 11.8. The molecule has 0 aromatic carbocycles. The molecule has 0 aliphatic carbocycles. The first-order valence-electron chi connectivity index (χ1n) is 13.8. The first-order valence-corrected chi connectivity index (χ1v) is 13.8. The molecule has 2 aliphatic heterocycles. The summed E-state index contributed by atoms with van der Waals surface area (Å²) in [5.41, 5.74) is 9.01. The van der Waals surface area contributed by atoms with Crippen molar-refractivity contribution in [1.29, 1.82) is 0 Å². The van der Waals surface area contributed by atoms with E-state index in [1.807, 2.05) is 27.7 Å². The van der Waals surface area contributed by atoms with Gasteiger partial charge in [0.2, 0.25) is 0 Å². The third-order valence-electron chi connectivity index (χ3n) is 6.08. The molecule has 0 aromatic heterocycles. The average molecular weight is 611 g/mol. The molecule has 0 aromatic rings. The maximum Gasteiger partial charge on any atom is 0.305 e. The molecular weight excluding hydrogens is 560 g/mol. The number of azo groups is 2. The van der Waals surface area contributed by atoms with Gasteiger partial charge in [-0.05, 0) is 55.4 Å². The Morgan fingerprint density at radius 2 is 1.02 bits per heavy atom. The van der Waals surface area contributed by atoms with E-state index in [1.165, 1.54) is 0 Å². The standard InChI is InChI=1S/C14H26N6O4.C12H22N6.H2O/c1-13(2,11(15)17-7-5-9(21)22)19-20-14(3,4)12(16)18-8-6-10(23)24;1-11(2,9-13-5-6-14-9)17-18-12(3,4)10-15-7-8-16-10;/h5-8H2,1-4H3,(H2,15,17)(H2,16,18)(H,21,22)(H,23,24);5-8H2,1-4H3,(H,13,14)(H,15,16);1H2. The first kappa shape index (κ1) is 39.0. The van der Waals surface area contributed by atoms with Crippen LogP contribution in [-0.4, -0.2) is 112 Å². The summed E-state index contributed by atoms with van der Waals surface area (Å²) in [6.45, 7) is 18.4. The summed E-state index contributed by atoms with van der Waals surface area (Å²) in [5.74, 6) is 0.232. The third-order valence-corrected chi connectivity index (χ3v) is 6.08. The van der Waals surface area contributed by atoms with Crippen LogP contribution in [0.1, 0.15) is 68.2 Å². The quantitative estimate of drug-likeness (QED) is 0.0928. The normalized spacial score (nSPS) is 16.6. The first-order chi connectivity index (χ1) is 19.3. The summed E-state index contributed by atoms with van der Waals surface area (Å²) >= 11 is 0. The number of aliphatic carboxylic acids is 2. The van der Waals surface area contributed by atoms with E-state index in [2.05, 4.69) is 51.1 Å². The molecule has 244 valence electrons. The predicted molar refractivity (Wildman–Crippen MR) is 168 cm³/mol. The van der Waals surface area contributed by atoms with Gasteiger partial charge in [0.15, 0.2) is 0 Å². The fraction of sp³-hybridized carbons (Fsp3) is 0.769. The van der Waals surface area contributed by atoms with Crippen LogP contribution in [0.3, 0.4) is 0 Å². The van der Waals surface area contributed by atoms with Gasteiger partial charge in [-0.15, -0.1) is 0 Å². The van der Waals surface area contributed by atoms with Gasteiger partial charge < -0.3 is 37.8 Å². The molecule has 0 unspecified atom stereocenters. The topological polar surface area (TPSA) is 281 Å². The molecular formula is C26H50N12O5. The number of hydrogen-bond acceptors (Lipinski definition) is 12. The Kier molecular flexibility index (Phi) is 15.0. The van der Waals surface area contributed by atoms with Crippen molar-refractivity contribution >= 4 is 35.3 Å². The van der Waals surface area contributed by atoms with Crippen LogP contribution in [0.4, 0.5) is 0 Å². The lowest BCUT2D eigenvalue weighted by atomic mass is 10.0. The maximum absolute atomic E-state index is 10.5. The SMILES string of the molecule is CC(C)(N=NC(C)(C)C(N)=NCCC(=O)O)C(N)=NCCC(=O)O.CC(C)(N=NC(C)(C)C1=NCCN1)C1=NCCN1.O. The fourth-order valence-corrected chi connectivity index (χ4v) is 3.24. The molecule has 0 fully saturated rings. The molecule has 2 heterocycles. The summed E-state index contributed by atoms with van der Waals surface area (Å²) in [4.78, 5) is 37.7. The third kappa shape index (κ3) is 13.7. The van der Waals surface area contributed by atoms with Gasteiger partial charge in [-0.1, -0.05) is 0 Å². The number of amidine groups is 4. The van der Waals surface area contributed by atoms with Gasteiger partial charge in [-0.3, -0.25) is 29.6 Å². The van der Waals surface area contributed by atoms with E-state index in [-0.39, 0.29) is 43.1 Å². The van der Waals surface area contributed by atoms with E-state index in [4.69, 9.17) is 21.7 Å². The van der Waals surface area contributed by atoms with Crippen LogP contribution in [-0.2, 0) is 9.59 Å². The zero-order valence-electron chi connectivity index (χ0n) is 26.6. The number of carboxylic acids is 2. The van der Waals surface area contributed by atoms with Crippen LogP contribution in [0.2, 0.25) is 0 Å². The second kappa shape index (κ2) is 16.6. The van der Waals surface area contributed by atoms with E-state index < -0.39 is 34.1 Å². The largest absolute Gasteiger partial charge is 0.481 e.